The van der Waals surface area contributed by atoms with Gasteiger partial charge in [0, 0.05) is 5.56 Å². The average molecular weight is 310 g/mol. The fraction of sp³-hybridized carbons (Fsp3) is 0.389. The molecule has 1 aromatic carbocycles. The summed E-state index contributed by atoms with van der Waals surface area (Å²) in [6.07, 6.45) is 4.00. The highest BCUT2D eigenvalue weighted by molar-refractivity contribution is 5.43. The summed E-state index contributed by atoms with van der Waals surface area (Å²) < 4.78 is 5.75. The average Bonchev–Trinajstić information content (AvgIpc) is 2.55. The Morgan fingerprint density at radius 1 is 1.22 bits per heavy atom. The van der Waals surface area contributed by atoms with Gasteiger partial charge in [0.25, 0.3) is 0 Å². The van der Waals surface area contributed by atoms with Gasteiger partial charge in [-0.05, 0) is 25.3 Å². The molecule has 0 fully saturated rings. The van der Waals surface area contributed by atoms with E-state index in [4.69, 9.17) is 10.00 Å². The Morgan fingerprint density at radius 3 is 2.61 bits per heavy atom. The van der Waals surface area contributed by atoms with E-state index in [0.29, 0.717) is 24.0 Å². The Morgan fingerprint density at radius 2 is 2.00 bits per heavy atom. The molecule has 1 aromatic heterocycles. The maximum atomic E-state index is 8.81. The van der Waals surface area contributed by atoms with E-state index in [1.165, 1.54) is 6.20 Å². The van der Waals surface area contributed by atoms with Crippen LogP contribution in [0.3, 0.4) is 0 Å². The maximum Gasteiger partial charge on any atom is 0.158 e. The molecule has 0 saturated carbocycles. The van der Waals surface area contributed by atoms with Gasteiger partial charge in [-0.15, -0.1) is 0 Å². The first-order chi connectivity index (χ1) is 11.1. The summed E-state index contributed by atoms with van der Waals surface area (Å²) >= 11 is 0. The summed E-state index contributed by atoms with van der Waals surface area (Å²) in [4.78, 5) is 8.33. The lowest BCUT2D eigenvalue weighted by Crippen LogP contribution is -2.15. The number of benzene rings is 1. The van der Waals surface area contributed by atoms with Gasteiger partial charge in [-0.2, -0.15) is 5.26 Å². The second-order valence-electron chi connectivity index (χ2n) is 5.70. The Bertz CT molecular complexity index is 661. The molecule has 1 unspecified atom stereocenters. The molecule has 2 rings (SSSR count). The molecule has 1 atom stereocenters. The van der Waals surface area contributed by atoms with E-state index in [0.717, 1.165) is 17.7 Å². The molecule has 0 saturated heterocycles. The van der Waals surface area contributed by atoms with Crippen LogP contribution in [0.4, 0.5) is 5.82 Å². The van der Waals surface area contributed by atoms with Crippen LogP contribution in [0.2, 0.25) is 0 Å². The van der Waals surface area contributed by atoms with Gasteiger partial charge in [0.1, 0.15) is 17.6 Å². The molecule has 0 aliphatic heterocycles. The number of nitriles is 1. The molecule has 1 N–H and O–H groups in total. The van der Waals surface area contributed by atoms with E-state index < -0.39 is 0 Å². The number of hydrogen-bond donors (Lipinski definition) is 1. The molecule has 120 valence electrons. The smallest absolute Gasteiger partial charge is 0.158 e. The molecular formula is C18H22N4O. The van der Waals surface area contributed by atoms with E-state index in [-0.39, 0.29) is 6.04 Å². The Balaban J connectivity index is 2.28. The fourth-order valence-electron chi connectivity index (χ4n) is 2.43. The van der Waals surface area contributed by atoms with Crippen molar-refractivity contribution in [1.82, 2.24) is 9.97 Å². The minimum absolute atomic E-state index is 0.0694. The quantitative estimate of drug-likeness (QED) is 0.838. The standard InChI is InChI=1S/C18H22N4O/c1-4-23-17-8-6-5-7-15(17)16(9-13(2)3)22-18-12-20-14(10-19)11-21-18/h5-8,11-13,16H,4,9H2,1-3H3,(H,21,22). The summed E-state index contributed by atoms with van der Waals surface area (Å²) in [6, 6.07) is 10.1. The Hall–Kier alpha value is -2.61. The van der Waals surface area contributed by atoms with Crippen LogP contribution >= 0.6 is 0 Å². The molecular weight excluding hydrogens is 288 g/mol. The second-order valence-corrected chi connectivity index (χ2v) is 5.70. The number of nitrogens with zero attached hydrogens (tertiary/aromatic N) is 3. The van der Waals surface area contributed by atoms with Gasteiger partial charge in [-0.25, -0.2) is 9.97 Å². The lowest BCUT2D eigenvalue weighted by molar-refractivity contribution is 0.333. The molecule has 0 radical (unpaired) electrons. The second kappa shape index (κ2) is 8.14. The highest BCUT2D eigenvalue weighted by Crippen LogP contribution is 2.31. The maximum absolute atomic E-state index is 8.81. The molecule has 0 aliphatic carbocycles. The first-order valence-corrected chi connectivity index (χ1v) is 7.84. The molecule has 5 nitrogen and oxygen atoms in total. The summed E-state index contributed by atoms with van der Waals surface area (Å²) in [5.74, 6) is 2.05. The zero-order valence-corrected chi connectivity index (χ0v) is 13.8. The molecule has 0 spiro atoms. The predicted molar refractivity (Wildman–Crippen MR) is 90.2 cm³/mol. The predicted octanol–water partition coefficient (Wildman–Crippen LogP) is 3.95. The van der Waals surface area contributed by atoms with Crippen LogP contribution in [0.15, 0.2) is 36.7 Å². The van der Waals surface area contributed by atoms with Crippen LogP contribution in [-0.4, -0.2) is 16.6 Å². The van der Waals surface area contributed by atoms with Crippen LogP contribution in [0.25, 0.3) is 0 Å². The highest BCUT2D eigenvalue weighted by atomic mass is 16.5. The van der Waals surface area contributed by atoms with E-state index in [1.807, 2.05) is 31.2 Å². The molecule has 2 aromatic rings. The monoisotopic (exact) mass is 310 g/mol. The number of anilines is 1. The zero-order valence-electron chi connectivity index (χ0n) is 13.8. The number of rotatable bonds is 7. The van der Waals surface area contributed by atoms with Gasteiger partial charge in [-0.1, -0.05) is 32.0 Å². The molecule has 23 heavy (non-hydrogen) atoms. The van der Waals surface area contributed by atoms with E-state index >= 15 is 0 Å². The normalized spacial score (nSPS) is 11.8. The lowest BCUT2D eigenvalue weighted by atomic mass is 9.96. The van der Waals surface area contributed by atoms with Gasteiger partial charge < -0.3 is 10.1 Å². The number of aromatic nitrogens is 2. The summed E-state index contributed by atoms with van der Waals surface area (Å²) in [6.45, 7) is 6.97. The van der Waals surface area contributed by atoms with E-state index in [9.17, 15) is 0 Å². The SMILES string of the molecule is CCOc1ccccc1C(CC(C)C)Nc1cnc(C#N)cn1. The zero-order chi connectivity index (χ0) is 16.7. The third-order valence-corrected chi connectivity index (χ3v) is 3.39. The van der Waals surface area contributed by atoms with Crippen molar-refractivity contribution >= 4 is 5.82 Å². The van der Waals surface area contributed by atoms with Crippen molar-refractivity contribution in [3.05, 3.63) is 47.9 Å². The van der Waals surface area contributed by atoms with Crippen molar-refractivity contribution < 1.29 is 4.74 Å². The molecule has 0 amide bonds. The first-order valence-electron chi connectivity index (χ1n) is 7.84. The van der Waals surface area contributed by atoms with E-state index in [1.54, 1.807) is 6.20 Å². The molecule has 0 aliphatic rings. The topological polar surface area (TPSA) is 70.8 Å². The van der Waals surface area contributed by atoms with Crippen LogP contribution in [0.5, 0.6) is 5.75 Å². The molecule has 1 heterocycles. The van der Waals surface area contributed by atoms with Gasteiger partial charge in [0.2, 0.25) is 0 Å². The van der Waals surface area contributed by atoms with Crippen LogP contribution in [0, 0.1) is 17.2 Å². The fourth-order valence-corrected chi connectivity index (χ4v) is 2.43. The van der Waals surface area contributed by atoms with Crippen molar-refractivity contribution in [2.45, 2.75) is 33.2 Å². The first kappa shape index (κ1) is 16.8. The van der Waals surface area contributed by atoms with Crippen molar-refractivity contribution in [3.8, 4) is 11.8 Å². The van der Waals surface area contributed by atoms with Gasteiger partial charge in [0.05, 0.1) is 25.0 Å². The largest absolute Gasteiger partial charge is 0.494 e. The minimum atomic E-state index is 0.0694. The summed E-state index contributed by atoms with van der Waals surface area (Å²) in [7, 11) is 0. The van der Waals surface area contributed by atoms with Gasteiger partial charge in [0.15, 0.2) is 5.69 Å². The Labute approximate surface area is 137 Å². The molecule has 5 heteroatoms. The number of nitrogens with one attached hydrogen (secondary N) is 1. The number of ether oxygens (including phenoxy) is 1. The summed E-state index contributed by atoms with van der Waals surface area (Å²) in [5, 5.41) is 12.2. The van der Waals surface area contributed by atoms with Gasteiger partial charge in [-0.3, -0.25) is 0 Å². The summed E-state index contributed by atoms with van der Waals surface area (Å²) in [5.41, 5.74) is 1.42. The Kier molecular flexibility index (Phi) is 5.93. The minimum Gasteiger partial charge on any atom is -0.494 e. The van der Waals surface area contributed by atoms with Crippen molar-refractivity contribution in [2.24, 2.45) is 5.92 Å². The van der Waals surface area contributed by atoms with Crippen LogP contribution < -0.4 is 10.1 Å². The lowest BCUT2D eigenvalue weighted by Gasteiger charge is -2.23. The van der Waals surface area contributed by atoms with Gasteiger partial charge >= 0.3 is 0 Å². The van der Waals surface area contributed by atoms with Crippen molar-refractivity contribution in [2.75, 3.05) is 11.9 Å². The highest BCUT2D eigenvalue weighted by Gasteiger charge is 2.18. The molecule has 0 bridgehead atoms. The third kappa shape index (κ3) is 4.68. The number of para-hydroxylation sites is 1. The van der Waals surface area contributed by atoms with Crippen LogP contribution in [0.1, 0.15) is 44.5 Å². The van der Waals surface area contributed by atoms with E-state index in [2.05, 4.69) is 35.2 Å². The number of hydrogen-bond acceptors (Lipinski definition) is 5. The van der Waals surface area contributed by atoms with Crippen molar-refractivity contribution in [1.29, 1.82) is 5.26 Å². The van der Waals surface area contributed by atoms with Crippen molar-refractivity contribution in [3.63, 3.8) is 0 Å². The van der Waals surface area contributed by atoms with Crippen LogP contribution in [-0.2, 0) is 0 Å². The third-order valence-electron chi connectivity index (χ3n) is 3.39.